The number of nitro groups is 1. The molecule has 2 rings (SSSR count). The number of anilines is 1. The first-order valence-corrected chi connectivity index (χ1v) is 5.90. The van der Waals surface area contributed by atoms with E-state index in [-0.39, 0.29) is 11.3 Å². The molecule has 0 bridgehead atoms. The normalized spacial score (nSPS) is 15.8. The maximum atomic E-state index is 10.6. The zero-order valence-electron chi connectivity index (χ0n) is 10.1. The fourth-order valence-corrected chi connectivity index (χ4v) is 1.87. The summed E-state index contributed by atoms with van der Waals surface area (Å²) < 4.78 is 0. The second-order valence-corrected chi connectivity index (χ2v) is 4.65. The molecule has 1 aromatic heterocycles. The number of nitrogens with zero attached hydrogens (tertiary/aromatic N) is 3. The monoisotopic (exact) mass is 246 g/mol. The molecule has 1 atom stereocenters. The van der Waals surface area contributed by atoms with Crippen LogP contribution in [0.2, 0.25) is 0 Å². The molecule has 0 saturated heterocycles. The Hall–Kier alpha value is -2.16. The summed E-state index contributed by atoms with van der Waals surface area (Å²) in [7, 11) is 0. The van der Waals surface area contributed by atoms with Crippen LogP contribution in [0, 0.1) is 33.3 Å². The van der Waals surface area contributed by atoms with Crippen LogP contribution in [-0.2, 0) is 0 Å². The van der Waals surface area contributed by atoms with Crippen molar-refractivity contribution >= 4 is 11.5 Å². The minimum absolute atomic E-state index is 0.160. The molecule has 18 heavy (non-hydrogen) atoms. The Morgan fingerprint density at radius 2 is 2.44 bits per heavy atom. The molecule has 1 N–H and O–H groups in total. The molecule has 6 nitrogen and oxygen atoms in total. The lowest BCUT2D eigenvalue weighted by molar-refractivity contribution is -0.385. The van der Waals surface area contributed by atoms with Crippen molar-refractivity contribution in [2.45, 2.75) is 19.8 Å². The highest BCUT2D eigenvalue weighted by Crippen LogP contribution is 2.36. The Morgan fingerprint density at radius 1 is 1.72 bits per heavy atom. The summed E-state index contributed by atoms with van der Waals surface area (Å²) >= 11 is 0. The molecule has 6 heteroatoms. The van der Waals surface area contributed by atoms with E-state index in [2.05, 4.69) is 17.2 Å². The van der Waals surface area contributed by atoms with E-state index in [1.165, 1.54) is 25.1 Å². The summed E-state index contributed by atoms with van der Waals surface area (Å²) in [5, 5.41) is 22.6. The van der Waals surface area contributed by atoms with Crippen LogP contribution in [0.4, 0.5) is 11.5 Å². The molecule has 1 heterocycles. The Labute approximate surface area is 105 Å². The van der Waals surface area contributed by atoms with Crippen LogP contribution in [0.5, 0.6) is 0 Å². The zero-order valence-corrected chi connectivity index (χ0v) is 10.1. The van der Waals surface area contributed by atoms with Crippen LogP contribution in [0.15, 0.2) is 12.3 Å². The molecule has 0 aromatic carbocycles. The largest absolute Gasteiger partial charge is 0.369 e. The maximum Gasteiger partial charge on any atom is 0.289 e. The molecule has 1 saturated carbocycles. The van der Waals surface area contributed by atoms with Crippen molar-refractivity contribution in [2.24, 2.45) is 11.8 Å². The van der Waals surface area contributed by atoms with E-state index in [4.69, 9.17) is 5.26 Å². The molecule has 0 radical (unpaired) electrons. The smallest absolute Gasteiger partial charge is 0.289 e. The molecule has 1 aromatic rings. The van der Waals surface area contributed by atoms with E-state index in [1.54, 1.807) is 0 Å². The third-order valence-electron chi connectivity index (χ3n) is 3.22. The van der Waals surface area contributed by atoms with Gasteiger partial charge in [-0.25, -0.2) is 4.98 Å². The summed E-state index contributed by atoms with van der Waals surface area (Å²) in [5.74, 6) is 1.73. The van der Waals surface area contributed by atoms with Gasteiger partial charge in [-0.2, -0.15) is 5.26 Å². The van der Waals surface area contributed by atoms with Gasteiger partial charge < -0.3 is 5.32 Å². The number of aromatic nitrogens is 1. The lowest BCUT2D eigenvalue weighted by Crippen LogP contribution is -2.14. The van der Waals surface area contributed by atoms with Crippen LogP contribution in [0.3, 0.4) is 0 Å². The van der Waals surface area contributed by atoms with E-state index in [9.17, 15) is 10.1 Å². The number of pyridine rings is 1. The molecule has 0 spiro atoms. The van der Waals surface area contributed by atoms with Crippen molar-refractivity contribution in [3.8, 4) is 6.07 Å². The van der Waals surface area contributed by atoms with Gasteiger partial charge in [0.2, 0.25) is 0 Å². The van der Waals surface area contributed by atoms with Crippen molar-refractivity contribution in [1.82, 2.24) is 4.98 Å². The lowest BCUT2D eigenvalue weighted by Gasteiger charge is -2.12. The van der Waals surface area contributed by atoms with Crippen LogP contribution < -0.4 is 5.32 Å². The SMILES string of the molecule is CC(CNc1ncc([N+](=O)[O-])cc1C#N)C1CC1. The summed E-state index contributed by atoms with van der Waals surface area (Å²) in [6.07, 6.45) is 3.70. The van der Waals surface area contributed by atoms with Gasteiger partial charge in [-0.3, -0.25) is 10.1 Å². The van der Waals surface area contributed by atoms with Crippen LogP contribution in [0.1, 0.15) is 25.3 Å². The van der Waals surface area contributed by atoms with Gasteiger partial charge in [0.05, 0.1) is 4.92 Å². The predicted molar refractivity (Wildman–Crippen MR) is 66.0 cm³/mol. The highest BCUT2D eigenvalue weighted by atomic mass is 16.6. The standard InChI is InChI=1S/C12H14N4O2/c1-8(9-2-3-9)6-14-12-10(5-13)4-11(7-15-12)16(17)18/h4,7-9H,2-3,6H2,1H3,(H,14,15). The fraction of sp³-hybridized carbons (Fsp3) is 0.500. The van der Waals surface area contributed by atoms with Crippen LogP contribution >= 0.6 is 0 Å². The highest BCUT2D eigenvalue weighted by molar-refractivity contribution is 5.55. The Morgan fingerprint density at radius 3 is 3.00 bits per heavy atom. The first-order valence-electron chi connectivity index (χ1n) is 5.90. The Bertz CT molecular complexity index is 505. The predicted octanol–water partition coefficient (Wildman–Crippen LogP) is 2.32. The Kier molecular flexibility index (Phi) is 3.42. The maximum absolute atomic E-state index is 10.6. The zero-order chi connectivity index (χ0) is 13.1. The first-order chi connectivity index (χ1) is 8.61. The Balaban J connectivity index is 2.07. The molecular weight excluding hydrogens is 232 g/mol. The minimum atomic E-state index is -0.551. The van der Waals surface area contributed by atoms with E-state index in [0.717, 1.165) is 12.5 Å². The van der Waals surface area contributed by atoms with Crippen LogP contribution in [0.25, 0.3) is 0 Å². The van der Waals surface area contributed by atoms with E-state index in [1.807, 2.05) is 6.07 Å². The molecule has 1 aliphatic carbocycles. The van der Waals surface area contributed by atoms with Crippen molar-refractivity contribution in [2.75, 3.05) is 11.9 Å². The number of hydrogen-bond donors (Lipinski definition) is 1. The van der Waals surface area contributed by atoms with Gasteiger partial charge in [0.1, 0.15) is 23.6 Å². The molecule has 1 unspecified atom stereocenters. The second-order valence-electron chi connectivity index (χ2n) is 4.65. The van der Waals surface area contributed by atoms with Crippen molar-refractivity contribution in [3.63, 3.8) is 0 Å². The van der Waals surface area contributed by atoms with E-state index >= 15 is 0 Å². The molecular formula is C12H14N4O2. The average Bonchev–Trinajstić information content (AvgIpc) is 3.19. The summed E-state index contributed by atoms with van der Waals surface area (Å²) in [6, 6.07) is 3.18. The van der Waals surface area contributed by atoms with Gasteiger partial charge in [-0.1, -0.05) is 6.92 Å². The molecule has 0 amide bonds. The number of nitrogens with one attached hydrogen (secondary N) is 1. The second kappa shape index (κ2) is 5.00. The van der Waals surface area contributed by atoms with Crippen molar-refractivity contribution in [1.29, 1.82) is 5.26 Å². The first kappa shape index (κ1) is 12.3. The van der Waals surface area contributed by atoms with Crippen molar-refractivity contribution < 1.29 is 4.92 Å². The van der Waals surface area contributed by atoms with E-state index in [0.29, 0.717) is 11.7 Å². The van der Waals surface area contributed by atoms with Gasteiger partial charge in [-0.05, 0) is 24.7 Å². The molecule has 94 valence electrons. The van der Waals surface area contributed by atoms with Crippen molar-refractivity contribution in [3.05, 3.63) is 27.9 Å². The fourth-order valence-electron chi connectivity index (χ4n) is 1.87. The minimum Gasteiger partial charge on any atom is -0.369 e. The van der Waals surface area contributed by atoms with Gasteiger partial charge in [0.25, 0.3) is 5.69 Å². The lowest BCUT2D eigenvalue weighted by atomic mass is 10.1. The quantitative estimate of drug-likeness (QED) is 0.635. The number of rotatable bonds is 5. The third-order valence-corrected chi connectivity index (χ3v) is 3.22. The summed E-state index contributed by atoms with van der Waals surface area (Å²) in [4.78, 5) is 14.0. The van der Waals surface area contributed by atoms with Crippen LogP contribution in [-0.4, -0.2) is 16.5 Å². The number of hydrogen-bond acceptors (Lipinski definition) is 5. The average molecular weight is 246 g/mol. The third kappa shape index (κ3) is 2.74. The van der Waals surface area contributed by atoms with Gasteiger partial charge in [0.15, 0.2) is 0 Å². The van der Waals surface area contributed by atoms with E-state index < -0.39 is 4.92 Å². The number of nitriles is 1. The van der Waals surface area contributed by atoms with Gasteiger partial charge in [0, 0.05) is 12.6 Å². The van der Waals surface area contributed by atoms with Gasteiger partial charge in [-0.15, -0.1) is 0 Å². The molecule has 1 fully saturated rings. The summed E-state index contributed by atoms with van der Waals surface area (Å²) in [5.41, 5.74) is 0.0551. The molecule has 0 aliphatic heterocycles. The van der Waals surface area contributed by atoms with Gasteiger partial charge >= 0.3 is 0 Å². The molecule has 1 aliphatic rings. The summed E-state index contributed by atoms with van der Waals surface area (Å²) in [6.45, 7) is 2.90. The topological polar surface area (TPSA) is 91.8 Å². The highest BCUT2D eigenvalue weighted by Gasteiger charge is 2.27.